The Kier molecular flexibility index (Phi) is 6.12. The van der Waals surface area contributed by atoms with E-state index >= 15 is 0 Å². The third kappa shape index (κ3) is 4.75. The van der Waals surface area contributed by atoms with Crippen LogP contribution in [0.1, 0.15) is 39.9 Å². The van der Waals surface area contributed by atoms with E-state index in [0.29, 0.717) is 21.2 Å². The second-order valence-electron chi connectivity index (χ2n) is 6.22. The quantitative estimate of drug-likeness (QED) is 0.395. The molecule has 0 amide bonds. The summed E-state index contributed by atoms with van der Waals surface area (Å²) in [4.78, 5) is 24.1. The predicted octanol–water partition coefficient (Wildman–Crippen LogP) is 5.31. The molecule has 0 aromatic heterocycles. The van der Waals surface area contributed by atoms with Crippen molar-refractivity contribution in [2.45, 2.75) is 25.7 Å². The van der Waals surface area contributed by atoms with Crippen molar-refractivity contribution in [2.75, 3.05) is 6.61 Å². The smallest absolute Gasteiger partial charge is 0.331 e. The number of carbonyl (C=O) groups excluding carboxylic acids is 2. The summed E-state index contributed by atoms with van der Waals surface area (Å²) in [7, 11) is 0. The van der Waals surface area contributed by atoms with E-state index in [1.165, 1.54) is 29.7 Å². The van der Waals surface area contributed by atoms with E-state index in [1.807, 2.05) is 18.2 Å². The van der Waals surface area contributed by atoms with Gasteiger partial charge in [0.25, 0.3) is 0 Å². The number of benzene rings is 2. The number of esters is 1. The van der Waals surface area contributed by atoms with Crippen molar-refractivity contribution in [3.8, 4) is 0 Å². The Morgan fingerprint density at radius 1 is 1.00 bits per heavy atom. The Morgan fingerprint density at radius 3 is 2.54 bits per heavy atom. The van der Waals surface area contributed by atoms with E-state index in [1.54, 1.807) is 18.2 Å². The van der Waals surface area contributed by atoms with Crippen molar-refractivity contribution in [3.05, 3.63) is 74.8 Å². The van der Waals surface area contributed by atoms with Crippen molar-refractivity contribution in [3.63, 3.8) is 0 Å². The third-order valence-electron chi connectivity index (χ3n) is 4.38. The lowest BCUT2D eigenvalue weighted by Gasteiger charge is -2.16. The zero-order chi connectivity index (χ0) is 18.5. The van der Waals surface area contributed by atoms with Gasteiger partial charge in [0, 0.05) is 21.7 Å². The van der Waals surface area contributed by atoms with Gasteiger partial charge in [-0.2, -0.15) is 0 Å². The molecule has 2 aromatic rings. The number of hydrogen-bond donors (Lipinski definition) is 0. The van der Waals surface area contributed by atoms with E-state index in [9.17, 15) is 9.59 Å². The van der Waals surface area contributed by atoms with E-state index < -0.39 is 5.97 Å². The minimum Gasteiger partial charge on any atom is -0.454 e. The molecular formula is C21H18Cl2O3. The standard InChI is InChI=1S/C21H18Cl2O3/c22-18-9-7-15(19(23)12-18)8-10-21(25)26-13-20(24)17-6-5-14-3-1-2-4-16(14)11-17/h5-12H,1-4,13H2/b10-8+. The largest absolute Gasteiger partial charge is 0.454 e. The summed E-state index contributed by atoms with van der Waals surface area (Å²) in [6, 6.07) is 10.7. The summed E-state index contributed by atoms with van der Waals surface area (Å²) in [5, 5.41) is 0.956. The topological polar surface area (TPSA) is 43.4 Å². The molecule has 0 N–H and O–H groups in total. The Bertz CT molecular complexity index is 872. The maximum atomic E-state index is 12.3. The predicted molar refractivity (Wildman–Crippen MR) is 104 cm³/mol. The molecule has 134 valence electrons. The SMILES string of the molecule is O=C(/C=C/c1ccc(Cl)cc1Cl)OCC(=O)c1ccc2c(c1)CCCC2. The molecule has 0 saturated heterocycles. The van der Waals surface area contributed by atoms with Crippen LogP contribution in [0.2, 0.25) is 10.0 Å². The fourth-order valence-corrected chi connectivity index (χ4v) is 3.44. The minimum absolute atomic E-state index is 0.204. The number of fused-ring (bicyclic) bond motifs is 1. The van der Waals surface area contributed by atoms with Gasteiger partial charge in [0.1, 0.15) is 0 Å². The molecule has 0 radical (unpaired) electrons. The molecule has 0 aliphatic heterocycles. The van der Waals surface area contributed by atoms with Crippen LogP contribution in [0, 0.1) is 0 Å². The molecule has 0 atom stereocenters. The highest BCUT2D eigenvalue weighted by molar-refractivity contribution is 6.35. The van der Waals surface area contributed by atoms with Crippen LogP contribution in [0.15, 0.2) is 42.5 Å². The lowest BCUT2D eigenvalue weighted by molar-refractivity contribution is -0.136. The molecule has 0 heterocycles. The Labute approximate surface area is 162 Å². The molecule has 0 bridgehead atoms. The first-order valence-corrected chi connectivity index (χ1v) is 9.23. The monoisotopic (exact) mass is 388 g/mol. The number of halogens is 2. The Morgan fingerprint density at radius 2 is 1.77 bits per heavy atom. The number of ether oxygens (including phenoxy) is 1. The van der Waals surface area contributed by atoms with Crippen LogP contribution in [0.3, 0.4) is 0 Å². The summed E-state index contributed by atoms with van der Waals surface area (Å²) < 4.78 is 5.04. The molecule has 0 unspecified atom stereocenters. The summed E-state index contributed by atoms with van der Waals surface area (Å²) in [6.07, 6.45) is 7.19. The number of carbonyl (C=O) groups is 2. The van der Waals surface area contributed by atoms with Gasteiger partial charge >= 0.3 is 5.97 Å². The average molecular weight is 389 g/mol. The van der Waals surface area contributed by atoms with Crippen molar-refractivity contribution in [1.29, 1.82) is 0 Å². The van der Waals surface area contributed by atoms with E-state index in [4.69, 9.17) is 27.9 Å². The van der Waals surface area contributed by atoms with Crippen LogP contribution in [-0.2, 0) is 22.4 Å². The van der Waals surface area contributed by atoms with Gasteiger partial charge in [-0.25, -0.2) is 4.79 Å². The van der Waals surface area contributed by atoms with Gasteiger partial charge in [-0.1, -0.05) is 41.4 Å². The molecule has 5 heteroatoms. The molecule has 3 rings (SSSR count). The number of aryl methyl sites for hydroxylation is 2. The van der Waals surface area contributed by atoms with Gasteiger partial charge in [0.15, 0.2) is 12.4 Å². The molecule has 26 heavy (non-hydrogen) atoms. The number of hydrogen-bond acceptors (Lipinski definition) is 3. The lowest BCUT2D eigenvalue weighted by Crippen LogP contribution is -2.13. The van der Waals surface area contributed by atoms with Crippen LogP contribution in [0.4, 0.5) is 0 Å². The zero-order valence-corrected chi connectivity index (χ0v) is 15.6. The Balaban J connectivity index is 1.57. The summed E-state index contributed by atoms with van der Waals surface area (Å²) >= 11 is 11.9. The fourth-order valence-electron chi connectivity index (χ4n) is 2.97. The van der Waals surface area contributed by atoms with Gasteiger partial charge in [-0.05, 0) is 66.6 Å². The first-order chi connectivity index (χ1) is 12.5. The van der Waals surface area contributed by atoms with Crippen LogP contribution in [-0.4, -0.2) is 18.4 Å². The fraction of sp³-hybridized carbons (Fsp3) is 0.238. The number of ketones is 1. The van der Waals surface area contributed by atoms with Gasteiger partial charge in [0.05, 0.1) is 0 Å². The van der Waals surface area contributed by atoms with Crippen molar-refractivity contribution in [1.82, 2.24) is 0 Å². The Hall–Kier alpha value is -2.10. The highest BCUT2D eigenvalue weighted by atomic mass is 35.5. The lowest BCUT2D eigenvalue weighted by atomic mass is 9.90. The second kappa shape index (κ2) is 8.52. The normalized spacial score (nSPS) is 13.5. The summed E-state index contributed by atoms with van der Waals surface area (Å²) in [5.41, 5.74) is 3.77. The average Bonchev–Trinajstić information content (AvgIpc) is 2.65. The molecule has 0 spiro atoms. The first-order valence-electron chi connectivity index (χ1n) is 8.48. The molecule has 0 saturated carbocycles. The van der Waals surface area contributed by atoms with Crippen molar-refractivity contribution in [2.24, 2.45) is 0 Å². The molecule has 1 aliphatic rings. The maximum Gasteiger partial charge on any atom is 0.331 e. The molecule has 0 fully saturated rings. The van der Waals surface area contributed by atoms with Gasteiger partial charge < -0.3 is 4.74 Å². The maximum absolute atomic E-state index is 12.3. The van der Waals surface area contributed by atoms with Crippen LogP contribution in [0.5, 0.6) is 0 Å². The van der Waals surface area contributed by atoms with Gasteiger partial charge in [0.2, 0.25) is 0 Å². The highest BCUT2D eigenvalue weighted by Gasteiger charge is 2.14. The highest BCUT2D eigenvalue weighted by Crippen LogP contribution is 2.23. The number of Topliss-reactive ketones (excluding diaryl/α,β-unsaturated/α-hetero) is 1. The van der Waals surface area contributed by atoms with Gasteiger partial charge in [-0.15, -0.1) is 0 Å². The van der Waals surface area contributed by atoms with Crippen LogP contribution >= 0.6 is 23.2 Å². The van der Waals surface area contributed by atoms with Crippen molar-refractivity contribution < 1.29 is 14.3 Å². The van der Waals surface area contributed by atoms with Crippen LogP contribution in [0.25, 0.3) is 6.08 Å². The number of rotatable bonds is 5. The third-order valence-corrected chi connectivity index (χ3v) is 4.94. The van der Waals surface area contributed by atoms with E-state index in [2.05, 4.69) is 0 Å². The zero-order valence-electron chi connectivity index (χ0n) is 14.1. The van der Waals surface area contributed by atoms with Crippen LogP contribution < -0.4 is 0 Å². The first kappa shape index (κ1) is 18.7. The van der Waals surface area contributed by atoms with Crippen molar-refractivity contribution >= 4 is 41.0 Å². The molecule has 3 nitrogen and oxygen atoms in total. The molecule has 2 aromatic carbocycles. The summed E-state index contributed by atoms with van der Waals surface area (Å²) in [5.74, 6) is -0.799. The minimum atomic E-state index is -0.595. The molecule has 1 aliphatic carbocycles. The van der Waals surface area contributed by atoms with Gasteiger partial charge in [-0.3, -0.25) is 4.79 Å². The van der Waals surface area contributed by atoms with E-state index in [-0.39, 0.29) is 12.4 Å². The molecular weight excluding hydrogens is 371 g/mol. The second-order valence-corrected chi connectivity index (χ2v) is 7.06. The summed E-state index contributed by atoms with van der Waals surface area (Å²) in [6.45, 7) is -0.281. The van der Waals surface area contributed by atoms with E-state index in [0.717, 1.165) is 19.3 Å².